The number of nitrogens with zero attached hydrogens (tertiary/aromatic N) is 2. The quantitative estimate of drug-likeness (QED) is 0.606. The molecule has 1 aromatic heterocycles. The lowest BCUT2D eigenvalue weighted by Crippen LogP contribution is -2.16. The summed E-state index contributed by atoms with van der Waals surface area (Å²) in [4.78, 5) is 0. The van der Waals surface area contributed by atoms with Crippen molar-refractivity contribution < 1.29 is 0 Å². The minimum absolute atomic E-state index is 0.426. The largest absolute Gasteiger partial charge is 0.313 e. The maximum Gasteiger partial charge on any atom is 0.0544 e. The minimum atomic E-state index is 0.426. The summed E-state index contributed by atoms with van der Waals surface area (Å²) in [6.45, 7) is 2.27. The van der Waals surface area contributed by atoms with Crippen LogP contribution in [0.25, 0.3) is 0 Å². The molecule has 0 saturated carbocycles. The summed E-state index contributed by atoms with van der Waals surface area (Å²) in [5.41, 5.74) is 1.25. The van der Waals surface area contributed by atoms with E-state index in [-0.39, 0.29) is 0 Å². The second-order valence-electron chi connectivity index (χ2n) is 5.28. The molecule has 3 nitrogen and oxygen atoms in total. The molecule has 0 spiro atoms. The first-order valence-electron chi connectivity index (χ1n) is 7.82. The Bertz CT molecular complexity index is 300. The molecule has 0 radical (unpaired) electrons. The zero-order valence-corrected chi connectivity index (χ0v) is 12.6. The van der Waals surface area contributed by atoms with Crippen molar-refractivity contribution in [1.29, 1.82) is 0 Å². The number of nitrogens with one attached hydrogen (secondary N) is 1. The van der Waals surface area contributed by atoms with E-state index in [4.69, 9.17) is 0 Å². The highest BCUT2D eigenvalue weighted by Gasteiger charge is 2.08. The SMILES string of the molecule is CCCCCCCCCCC(NC)c1ccnnc1. The molecule has 0 aliphatic heterocycles. The molecular formula is C16H29N3. The monoisotopic (exact) mass is 263 g/mol. The minimum Gasteiger partial charge on any atom is -0.313 e. The van der Waals surface area contributed by atoms with Gasteiger partial charge in [-0.15, -0.1) is 0 Å². The Morgan fingerprint density at radius 1 is 1.00 bits per heavy atom. The number of hydrogen-bond acceptors (Lipinski definition) is 3. The topological polar surface area (TPSA) is 37.8 Å². The molecule has 0 saturated heterocycles. The van der Waals surface area contributed by atoms with E-state index in [1.165, 1.54) is 63.4 Å². The van der Waals surface area contributed by atoms with Gasteiger partial charge in [-0.05, 0) is 25.1 Å². The molecule has 1 unspecified atom stereocenters. The fourth-order valence-corrected chi connectivity index (χ4v) is 2.47. The fraction of sp³-hybridized carbons (Fsp3) is 0.750. The first kappa shape index (κ1) is 16.1. The number of hydrogen-bond donors (Lipinski definition) is 1. The summed E-state index contributed by atoms with van der Waals surface area (Å²) >= 11 is 0. The van der Waals surface area contributed by atoms with Crippen LogP contribution in [0.4, 0.5) is 0 Å². The number of unbranched alkanes of at least 4 members (excludes halogenated alkanes) is 7. The molecule has 1 rings (SSSR count). The van der Waals surface area contributed by atoms with Crippen molar-refractivity contribution in [3.8, 4) is 0 Å². The third-order valence-electron chi connectivity index (χ3n) is 3.70. The van der Waals surface area contributed by atoms with Crippen molar-refractivity contribution in [2.75, 3.05) is 7.05 Å². The van der Waals surface area contributed by atoms with Crippen molar-refractivity contribution in [3.63, 3.8) is 0 Å². The van der Waals surface area contributed by atoms with Crippen LogP contribution in [0.5, 0.6) is 0 Å². The van der Waals surface area contributed by atoms with Gasteiger partial charge in [0.1, 0.15) is 0 Å². The molecule has 0 amide bonds. The van der Waals surface area contributed by atoms with Gasteiger partial charge >= 0.3 is 0 Å². The van der Waals surface area contributed by atoms with E-state index in [0.717, 1.165) is 0 Å². The maximum atomic E-state index is 3.95. The fourth-order valence-electron chi connectivity index (χ4n) is 2.47. The van der Waals surface area contributed by atoms with Crippen molar-refractivity contribution in [1.82, 2.24) is 15.5 Å². The van der Waals surface area contributed by atoms with Crippen molar-refractivity contribution in [3.05, 3.63) is 24.0 Å². The number of aromatic nitrogens is 2. The average molecular weight is 263 g/mol. The lowest BCUT2D eigenvalue weighted by molar-refractivity contribution is 0.493. The smallest absolute Gasteiger partial charge is 0.0544 e. The molecule has 108 valence electrons. The number of rotatable bonds is 11. The highest BCUT2D eigenvalue weighted by molar-refractivity contribution is 5.10. The van der Waals surface area contributed by atoms with Gasteiger partial charge in [0.05, 0.1) is 6.20 Å². The Kier molecular flexibility index (Phi) is 9.25. The molecule has 1 heterocycles. The molecule has 0 fully saturated rings. The molecule has 1 N–H and O–H groups in total. The van der Waals surface area contributed by atoms with Crippen LogP contribution in [0.15, 0.2) is 18.5 Å². The van der Waals surface area contributed by atoms with Gasteiger partial charge in [-0.2, -0.15) is 10.2 Å². The van der Waals surface area contributed by atoms with Crippen LogP contribution >= 0.6 is 0 Å². The summed E-state index contributed by atoms with van der Waals surface area (Å²) in [7, 11) is 2.02. The molecule has 0 aromatic carbocycles. The molecular weight excluding hydrogens is 234 g/mol. The van der Waals surface area contributed by atoms with E-state index in [9.17, 15) is 0 Å². The molecule has 3 heteroatoms. The van der Waals surface area contributed by atoms with E-state index in [2.05, 4.69) is 28.5 Å². The van der Waals surface area contributed by atoms with Crippen molar-refractivity contribution in [2.45, 2.75) is 70.8 Å². The Morgan fingerprint density at radius 2 is 1.68 bits per heavy atom. The maximum absolute atomic E-state index is 3.95. The van der Waals surface area contributed by atoms with E-state index in [1.807, 2.05) is 13.2 Å². The second kappa shape index (κ2) is 10.9. The van der Waals surface area contributed by atoms with Gasteiger partial charge in [0, 0.05) is 12.2 Å². The summed E-state index contributed by atoms with van der Waals surface area (Å²) in [6.07, 6.45) is 15.8. The van der Waals surface area contributed by atoms with Crippen LogP contribution < -0.4 is 5.32 Å². The molecule has 0 aliphatic rings. The van der Waals surface area contributed by atoms with Crippen LogP contribution in [0.1, 0.15) is 76.3 Å². The first-order valence-corrected chi connectivity index (χ1v) is 7.82. The highest BCUT2D eigenvalue weighted by atomic mass is 15.1. The summed E-state index contributed by atoms with van der Waals surface area (Å²) in [6, 6.07) is 2.48. The molecule has 0 bridgehead atoms. The van der Waals surface area contributed by atoms with Crippen molar-refractivity contribution in [2.24, 2.45) is 0 Å². The Labute approximate surface area is 118 Å². The van der Waals surface area contributed by atoms with Crippen LogP contribution in [0, 0.1) is 0 Å². The van der Waals surface area contributed by atoms with Crippen LogP contribution in [-0.4, -0.2) is 17.2 Å². The Morgan fingerprint density at radius 3 is 2.26 bits per heavy atom. The van der Waals surface area contributed by atoms with Crippen LogP contribution in [0.2, 0.25) is 0 Å². The van der Waals surface area contributed by atoms with Crippen LogP contribution in [-0.2, 0) is 0 Å². The van der Waals surface area contributed by atoms with Gasteiger partial charge in [-0.25, -0.2) is 0 Å². The lowest BCUT2D eigenvalue weighted by atomic mass is 10.0. The lowest BCUT2D eigenvalue weighted by Gasteiger charge is -2.15. The van der Waals surface area contributed by atoms with Gasteiger partial charge in [-0.3, -0.25) is 0 Å². The van der Waals surface area contributed by atoms with E-state index in [1.54, 1.807) is 6.20 Å². The summed E-state index contributed by atoms with van der Waals surface area (Å²) in [5.74, 6) is 0. The van der Waals surface area contributed by atoms with Gasteiger partial charge < -0.3 is 5.32 Å². The summed E-state index contributed by atoms with van der Waals surface area (Å²) < 4.78 is 0. The Hall–Kier alpha value is -0.960. The molecule has 1 aromatic rings. The second-order valence-corrected chi connectivity index (χ2v) is 5.28. The van der Waals surface area contributed by atoms with Gasteiger partial charge in [0.15, 0.2) is 0 Å². The molecule has 0 aliphatic carbocycles. The standard InChI is InChI=1S/C16H29N3/c1-3-4-5-6-7-8-9-10-11-16(17-2)15-12-13-18-19-14-15/h12-14,16-17H,3-11H2,1-2H3. The third kappa shape index (κ3) is 7.26. The van der Waals surface area contributed by atoms with Crippen LogP contribution in [0.3, 0.4) is 0 Å². The highest BCUT2D eigenvalue weighted by Crippen LogP contribution is 2.19. The first-order chi connectivity index (χ1) is 9.38. The average Bonchev–Trinajstić information content (AvgIpc) is 2.47. The van der Waals surface area contributed by atoms with E-state index >= 15 is 0 Å². The van der Waals surface area contributed by atoms with Gasteiger partial charge in [0.2, 0.25) is 0 Å². The third-order valence-corrected chi connectivity index (χ3v) is 3.70. The summed E-state index contributed by atoms with van der Waals surface area (Å²) in [5, 5.41) is 11.1. The molecule has 19 heavy (non-hydrogen) atoms. The van der Waals surface area contributed by atoms with Gasteiger partial charge in [0.25, 0.3) is 0 Å². The molecule has 1 atom stereocenters. The normalized spacial score (nSPS) is 12.5. The predicted octanol–water partition coefficient (Wildman–Crippen LogP) is 4.27. The van der Waals surface area contributed by atoms with Gasteiger partial charge in [-0.1, -0.05) is 58.3 Å². The van der Waals surface area contributed by atoms with E-state index < -0.39 is 0 Å². The zero-order chi connectivity index (χ0) is 13.8. The Balaban J connectivity index is 2.07. The van der Waals surface area contributed by atoms with E-state index in [0.29, 0.717) is 6.04 Å². The zero-order valence-electron chi connectivity index (χ0n) is 12.6. The van der Waals surface area contributed by atoms with Crippen molar-refractivity contribution >= 4 is 0 Å². The predicted molar refractivity (Wildman–Crippen MR) is 81.1 cm³/mol.